The van der Waals surface area contributed by atoms with Gasteiger partial charge in [-0.05, 0) is 20.3 Å². The van der Waals surface area contributed by atoms with Crippen LogP contribution in [-0.2, 0) is 4.74 Å². The van der Waals surface area contributed by atoms with Gasteiger partial charge in [-0.25, -0.2) is 0 Å². The van der Waals surface area contributed by atoms with Crippen molar-refractivity contribution in [3.63, 3.8) is 0 Å². The maximum absolute atomic E-state index is 5.25. The molecule has 0 N–H and O–H groups in total. The molecule has 0 radical (unpaired) electrons. The SMILES string of the molecule is CCC(C)(C)N1CCN(C2COC2)CC1. The van der Waals surface area contributed by atoms with Crippen LogP contribution < -0.4 is 0 Å². The lowest BCUT2D eigenvalue weighted by atomic mass is 9.98. The molecule has 0 aromatic heterocycles. The summed E-state index contributed by atoms with van der Waals surface area (Å²) >= 11 is 0. The van der Waals surface area contributed by atoms with Crippen molar-refractivity contribution in [2.45, 2.75) is 38.8 Å². The van der Waals surface area contributed by atoms with Gasteiger partial charge in [-0.1, -0.05) is 6.92 Å². The molecular formula is C12H24N2O. The highest BCUT2D eigenvalue weighted by Crippen LogP contribution is 2.22. The fourth-order valence-electron chi connectivity index (χ4n) is 2.35. The van der Waals surface area contributed by atoms with Crippen LogP contribution in [0.25, 0.3) is 0 Å². The third kappa shape index (κ3) is 2.35. The van der Waals surface area contributed by atoms with Crippen LogP contribution in [0.5, 0.6) is 0 Å². The zero-order valence-corrected chi connectivity index (χ0v) is 10.3. The fraction of sp³-hybridized carbons (Fsp3) is 1.00. The topological polar surface area (TPSA) is 15.7 Å². The molecule has 0 aromatic rings. The van der Waals surface area contributed by atoms with E-state index in [1.807, 2.05) is 0 Å². The van der Waals surface area contributed by atoms with Gasteiger partial charge in [-0.3, -0.25) is 9.80 Å². The first-order valence-electron chi connectivity index (χ1n) is 6.20. The third-order valence-electron chi connectivity index (χ3n) is 4.17. The summed E-state index contributed by atoms with van der Waals surface area (Å²) in [5, 5.41) is 0. The molecule has 3 heteroatoms. The maximum atomic E-state index is 5.25. The second-order valence-electron chi connectivity index (χ2n) is 5.38. The quantitative estimate of drug-likeness (QED) is 0.699. The number of hydrogen-bond acceptors (Lipinski definition) is 3. The monoisotopic (exact) mass is 212 g/mol. The van der Waals surface area contributed by atoms with Gasteiger partial charge in [0.25, 0.3) is 0 Å². The Morgan fingerprint density at radius 3 is 2.13 bits per heavy atom. The molecule has 15 heavy (non-hydrogen) atoms. The molecule has 2 aliphatic rings. The fourth-order valence-corrected chi connectivity index (χ4v) is 2.35. The van der Waals surface area contributed by atoms with Crippen molar-refractivity contribution in [3.05, 3.63) is 0 Å². The van der Waals surface area contributed by atoms with E-state index in [1.165, 1.54) is 32.6 Å². The molecule has 3 nitrogen and oxygen atoms in total. The lowest BCUT2D eigenvalue weighted by Gasteiger charge is -2.47. The minimum absolute atomic E-state index is 0.377. The first kappa shape index (κ1) is 11.4. The smallest absolute Gasteiger partial charge is 0.0645 e. The Hall–Kier alpha value is -0.120. The zero-order valence-electron chi connectivity index (χ0n) is 10.3. The van der Waals surface area contributed by atoms with E-state index in [2.05, 4.69) is 30.6 Å². The van der Waals surface area contributed by atoms with Gasteiger partial charge in [-0.15, -0.1) is 0 Å². The highest BCUT2D eigenvalue weighted by molar-refractivity contribution is 4.88. The highest BCUT2D eigenvalue weighted by Gasteiger charge is 2.32. The molecule has 2 rings (SSSR count). The summed E-state index contributed by atoms with van der Waals surface area (Å²) in [4.78, 5) is 5.22. The first-order valence-corrected chi connectivity index (χ1v) is 6.20. The van der Waals surface area contributed by atoms with E-state index < -0.39 is 0 Å². The summed E-state index contributed by atoms with van der Waals surface area (Å²) in [5.74, 6) is 0. The molecule has 2 aliphatic heterocycles. The Morgan fingerprint density at radius 1 is 1.13 bits per heavy atom. The minimum Gasteiger partial charge on any atom is -0.378 e. The highest BCUT2D eigenvalue weighted by atomic mass is 16.5. The van der Waals surface area contributed by atoms with Crippen LogP contribution >= 0.6 is 0 Å². The number of ether oxygens (including phenoxy) is 1. The average molecular weight is 212 g/mol. The Kier molecular flexibility index (Phi) is 3.33. The number of rotatable bonds is 3. The molecule has 0 spiro atoms. The van der Waals surface area contributed by atoms with Crippen molar-refractivity contribution < 1.29 is 4.74 Å². The van der Waals surface area contributed by atoms with Crippen LogP contribution in [0, 0.1) is 0 Å². The summed E-state index contributed by atoms with van der Waals surface area (Å²) in [6.45, 7) is 13.8. The van der Waals surface area contributed by atoms with Crippen molar-refractivity contribution in [1.82, 2.24) is 9.80 Å². The van der Waals surface area contributed by atoms with Crippen LogP contribution in [0.3, 0.4) is 0 Å². The molecule has 0 saturated carbocycles. The van der Waals surface area contributed by atoms with E-state index in [4.69, 9.17) is 4.74 Å². The molecule has 2 fully saturated rings. The van der Waals surface area contributed by atoms with E-state index in [-0.39, 0.29) is 0 Å². The summed E-state index contributed by atoms with van der Waals surface area (Å²) < 4.78 is 5.25. The standard InChI is InChI=1S/C12H24N2O/c1-4-12(2,3)14-7-5-13(6-8-14)11-9-15-10-11/h11H,4-10H2,1-3H3. The lowest BCUT2D eigenvalue weighted by Crippen LogP contribution is -2.60. The van der Waals surface area contributed by atoms with Crippen molar-refractivity contribution in [2.24, 2.45) is 0 Å². The molecule has 2 saturated heterocycles. The van der Waals surface area contributed by atoms with Gasteiger partial charge in [0, 0.05) is 31.7 Å². The lowest BCUT2D eigenvalue weighted by molar-refractivity contribution is -0.0842. The summed E-state index contributed by atoms with van der Waals surface area (Å²) in [6, 6.07) is 0.719. The van der Waals surface area contributed by atoms with Crippen LogP contribution in [-0.4, -0.2) is 60.8 Å². The molecule has 2 heterocycles. The van der Waals surface area contributed by atoms with Gasteiger partial charge in [0.15, 0.2) is 0 Å². The van der Waals surface area contributed by atoms with Crippen molar-refractivity contribution in [1.29, 1.82) is 0 Å². The van der Waals surface area contributed by atoms with Gasteiger partial charge in [0.1, 0.15) is 0 Å². The van der Waals surface area contributed by atoms with Crippen LogP contribution in [0.15, 0.2) is 0 Å². The molecule has 0 aromatic carbocycles. The van der Waals surface area contributed by atoms with Crippen LogP contribution in [0.1, 0.15) is 27.2 Å². The largest absolute Gasteiger partial charge is 0.378 e. The Balaban J connectivity index is 1.81. The Bertz CT molecular complexity index is 206. The van der Waals surface area contributed by atoms with Gasteiger partial charge < -0.3 is 4.74 Å². The molecule has 0 unspecified atom stereocenters. The van der Waals surface area contributed by atoms with Crippen LogP contribution in [0.2, 0.25) is 0 Å². The van der Waals surface area contributed by atoms with Gasteiger partial charge in [0.05, 0.1) is 19.3 Å². The molecular weight excluding hydrogens is 188 g/mol. The Labute approximate surface area is 93.4 Å². The summed E-state index contributed by atoms with van der Waals surface area (Å²) in [5.41, 5.74) is 0.377. The van der Waals surface area contributed by atoms with E-state index in [0.717, 1.165) is 19.3 Å². The minimum atomic E-state index is 0.377. The predicted molar refractivity (Wildman–Crippen MR) is 62.1 cm³/mol. The predicted octanol–water partition coefficient (Wildman–Crippen LogP) is 1.19. The van der Waals surface area contributed by atoms with E-state index in [0.29, 0.717) is 5.54 Å². The molecule has 0 bridgehead atoms. The average Bonchev–Trinajstić information content (AvgIpc) is 2.16. The molecule has 0 amide bonds. The number of nitrogens with zero attached hydrogens (tertiary/aromatic N) is 2. The van der Waals surface area contributed by atoms with Gasteiger partial charge in [-0.2, -0.15) is 0 Å². The third-order valence-corrected chi connectivity index (χ3v) is 4.17. The second-order valence-corrected chi connectivity index (χ2v) is 5.38. The zero-order chi connectivity index (χ0) is 10.9. The van der Waals surface area contributed by atoms with E-state index >= 15 is 0 Å². The summed E-state index contributed by atoms with van der Waals surface area (Å²) in [6.07, 6.45) is 1.24. The number of hydrogen-bond donors (Lipinski definition) is 0. The van der Waals surface area contributed by atoms with E-state index in [9.17, 15) is 0 Å². The molecule has 0 aliphatic carbocycles. The maximum Gasteiger partial charge on any atom is 0.0645 e. The van der Waals surface area contributed by atoms with Gasteiger partial charge >= 0.3 is 0 Å². The molecule has 88 valence electrons. The van der Waals surface area contributed by atoms with Crippen molar-refractivity contribution in [2.75, 3.05) is 39.4 Å². The Morgan fingerprint density at radius 2 is 1.73 bits per heavy atom. The normalized spacial score (nSPS) is 26.6. The van der Waals surface area contributed by atoms with Crippen LogP contribution in [0.4, 0.5) is 0 Å². The van der Waals surface area contributed by atoms with Crippen molar-refractivity contribution in [3.8, 4) is 0 Å². The van der Waals surface area contributed by atoms with Gasteiger partial charge in [0.2, 0.25) is 0 Å². The second kappa shape index (κ2) is 4.40. The van der Waals surface area contributed by atoms with E-state index in [1.54, 1.807) is 0 Å². The first-order chi connectivity index (χ1) is 7.13. The molecule has 0 atom stereocenters. The van der Waals surface area contributed by atoms with Crippen molar-refractivity contribution >= 4 is 0 Å². The number of piperazine rings is 1. The summed E-state index contributed by atoms with van der Waals surface area (Å²) in [7, 11) is 0.